The van der Waals surface area contributed by atoms with Crippen LogP contribution in [-0.4, -0.2) is 39.6 Å². The van der Waals surface area contributed by atoms with Crippen molar-refractivity contribution in [3.63, 3.8) is 0 Å². The molecule has 6 rings (SSSR count). The van der Waals surface area contributed by atoms with Crippen LogP contribution in [-0.2, 0) is 16.6 Å². The van der Waals surface area contributed by atoms with Crippen LogP contribution in [0.3, 0.4) is 0 Å². The van der Waals surface area contributed by atoms with Gasteiger partial charge in [-0.3, -0.25) is 4.79 Å². The molecule has 0 heterocycles. The zero-order valence-electron chi connectivity index (χ0n) is 20.6. The van der Waals surface area contributed by atoms with Crippen LogP contribution in [0.5, 0.6) is 0 Å². The monoisotopic (exact) mass is 693 g/mol. The summed E-state index contributed by atoms with van der Waals surface area (Å²) in [5, 5.41) is 12.1. The second-order valence-electron chi connectivity index (χ2n) is 11.7. The zero-order valence-corrected chi connectivity index (χ0v) is 26.8. The van der Waals surface area contributed by atoms with E-state index in [0.717, 1.165) is 48.4 Å². The fourth-order valence-electron chi connectivity index (χ4n) is 8.03. The van der Waals surface area contributed by atoms with Crippen LogP contribution >= 0.6 is 4.00 Å². The van der Waals surface area contributed by atoms with E-state index in [1.54, 1.807) is 5.57 Å². The number of fused-ring (bicyclic) bond motifs is 4. The molecule has 3 fully saturated rings. The van der Waals surface area contributed by atoms with Crippen LogP contribution in [0.4, 0.5) is 0 Å². The van der Waals surface area contributed by atoms with Gasteiger partial charge in [0, 0.05) is 0 Å². The second kappa shape index (κ2) is 9.65. The van der Waals surface area contributed by atoms with Crippen molar-refractivity contribution in [3.05, 3.63) is 58.2 Å². The molecule has 0 bridgehead atoms. The van der Waals surface area contributed by atoms with Crippen LogP contribution in [0, 0.1) is 26.7 Å². The predicted molar refractivity (Wildman–Crippen MR) is 146 cm³/mol. The van der Waals surface area contributed by atoms with E-state index in [9.17, 15) is 9.90 Å². The number of benzene rings is 1. The molecular weight excluding hydrogens is 660 g/mol. The van der Waals surface area contributed by atoms with E-state index < -0.39 is 28.7 Å². The Morgan fingerprint density at radius 1 is 1.11 bits per heavy atom. The van der Waals surface area contributed by atoms with Crippen LogP contribution in [0.2, 0.25) is 0 Å². The molecule has 5 atom stereocenters. The van der Waals surface area contributed by atoms with Gasteiger partial charge < -0.3 is 0 Å². The molecule has 1 aromatic rings. The van der Waals surface area contributed by atoms with Gasteiger partial charge >= 0.3 is 210 Å². The Kier molecular flexibility index (Phi) is 6.83. The Hall–Kier alpha value is -0.538. The van der Waals surface area contributed by atoms with E-state index in [1.807, 2.05) is 6.08 Å². The van der Waals surface area contributed by atoms with Crippen molar-refractivity contribution in [2.45, 2.75) is 88.6 Å². The van der Waals surface area contributed by atoms with Gasteiger partial charge in [-0.15, -0.1) is 0 Å². The van der Waals surface area contributed by atoms with Crippen LogP contribution in [0.1, 0.15) is 94.1 Å². The number of aliphatic hydroxyl groups is 1. The Morgan fingerprint density at radius 3 is 2.63 bits per heavy atom. The first-order valence-corrected chi connectivity index (χ1v) is 23.6. The molecule has 5 aliphatic carbocycles. The third-order valence-electron chi connectivity index (χ3n) is 10.0. The molecule has 0 unspecified atom stereocenters. The number of hydrogen-bond donors (Lipinski definition) is 1. The van der Waals surface area contributed by atoms with E-state index in [-0.39, 0.29) is 5.41 Å². The topological polar surface area (TPSA) is 37.3 Å². The molecule has 5 aliphatic rings. The van der Waals surface area contributed by atoms with Gasteiger partial charge in [0.25, 0.3) is 0 Å². The van der Waals surface area contributed by atoms with Crippen molar-refractivity contribution in [1.82, 2.24) is 0 Å². The summed E-state index contributed by atoms with van der Waals surface area (Å²) in [7, 11) is 0. The molecule has 5 heteroatoms. The number of ketones is 1. The Bertz CT molecular complexity index is 1240. The molecule has 2 nitrogen and oxygen atoms in total. The first-order chi connectivity index (χ1) is 16.9. The van der Waals surface area contributed by atoms with Gasteiger partial charge in [-0.2, -0.15) is 0 Å². The molecule has 0 aromatic heterocycles. The molecule has 0 radical (unpaired) electrons. The maximum absolute atomic E-state index is 12.3. The van der Waals surface area contributed by atoms with E-state index >= 15 is 0 Å². The minimum absolute atomic E-state index is 0.136. The molecule has 35 heavy (non-hydrogen) atoms. The van der Waals surface area contributed by atoms with Crippen LogP contribution in [0.25, 0.3) is 0 Å². The second-order valence-corrected chi connectivity index (χ2v) is 24.4. The fourth-order valence-corrected chi connectivity index (χ4v) is 11.6. The third-order valence-corrected chi connectivity index (χ3v) is 16.6. The molecule has 0 saturated heterocycles. The van der Waals surface area contributed by atoms with Gasteiger partial charge in [0.05, 0.1) is 0 Å². The van der Waals surface area contributed by atoms with Crippen molar-refractivity contribution in [3.8, 4) is 9.40 Å². The Labute approximate surface area is 226 Å². The van der Waals surface area contributed by atoms with Gasteiger partial charge in [0.15, 0.2) is 0 Å². The quantitative estimate of drug-likeness (QED) is 0.221. The predicted octanol–water partition coefficient (Wildman–Crippen LogP) is 6.57. The normalized spacial score (nSPS) is 35.7. The first kappa shape index (κ1) is 24.8. The van der Waals surface area contributed by atoms with Crippen molar-refractivity contribution < 1.29 is 9.90 Å². The third kappa shape index (κ3) is 4.33. The Balaban J connectivity index is 1.44. The number of rotatable bonds is 3. The van der Waals surface area contributed by atoms with Gasteiger partial charge in [-0.05, 0) is 12.8 Å². The number of hydrogen-bond acceptors (Lipinski definition) is 3. The van der Waals surface area contributed by atoms with Crippen molar-refractivity contribution >= 4 is 44.7 Å². The van der Waals surface area contributed by atoms with Crippen molar-refractivity contribution in [2.75, 3.05) is 0 Å². The standard InChI is InChI=1S/C30H33O2.PS.Tl/c1-3-15-30(32)16-14-27-25-12-10-22-17-23(31)11-13-24(22)28(25)26(18-29(27,30)2)21-8-6-20(7-9-21)19-4-5-19;1-2;/h6-9,17,19,25-27,32H,4-5,10-16,18H2,2H3;;/q;-1;+2/t25-,26+,27-,29-,30-;;/m0../s1. The zero-order chi connectivity index (χ0) is 24.2. The Morgan fingerprint density at radius 2 is 1.89 bits per heavy atom. The van der Waals surface area contributed by atoms with Gasteiger partial charge in [0.1, 0.15) is 0 Å². The number of allylic oxidation sites excluding steroid dienone is 4. The molecule has 1 aromatic carbocycles. The van der Waals surface area contributed by atoms with Crippen LogP contribution in [0.15, 0.2) is 47.1 Å². The number of carbonyl (C=O) groups excluding carboxylic acids is 1. The van der Waals surface area contributed by atoms with E-state index in [4.69, 9.17) is 11.8 Å². The maximum atomic E-state index is 12.3. The minimum atomic E-state index is -1.11. The van der Waals surface area contributed by atoms with E-state index in [2.05, 4.69) is 40.6 Å². The molecule has 1 N–H and O–H groups in total. The summed E-state index contributed by atoms with van der Waals surface area (Å²) >= 11 is 4.01. The molecular formula is C30H33O2PSTl+. The first-order valence-electron chi connectivity index (χ1n) is 13.3. The summed E-state index contributed by atoms with van der Waals surface area (Å²) in [5.74, 6) is 5.78. The van der Waals surface area contributed by atoms with Crippen LogP contribution < -0.4 is 0 Å². The van der Waals surface area contributed by atoms with Gasteiger partial charge in [-0.1, -0.05) is 0 Å². The van der Waals surface area contributed by atoms with Gasteiger partial charge in [0.2, 0.25) is 0 Å². The van der Waals surface area contributed by atoms with Gasteiger partial charge in [-0.25, -0.2) is 0 Å². The van der Waals surface area contributed by atoms with Crippen molar-refractivity contribution in [2.24, 2.45) is 17.3 Å². The summed E-state index contributed by atoms with van der Waals surface area (Å²) in [6, 6.07) is 9.48. The van der Waals surface area contributed by atoms with Crippen molar-refractivity contribution in [1.29, 1.82) is 0 Å². The number of carbonyl (C=O) groups is 1. The summed E-state index contributed by atoms with van der Waals surface area (Å²) in [5.41, 5.74) is 6.46. The summed E-state index contributed by atoms with van der Waals surface area (Å²) in [4.78, 5) is 12.3. The SMILES string of the molecule is C[C@]12C[C@H](c3ccc(C4CC4)cc3)C3=C4CCC(=O)C=C4CC[C@H]3[C@@H]1CC[C@@]2(O)CC#[C][Tl]=[P+]=S. The summed E-state index contributed by atoms with van der Waals surface area (Å²) in [6.07, 6.45) is 11.8. The molecule has 0 aliphatic heterocycles. The van der Waals surface area contributed by atoms with E-state index in [0.29, 0.717) is 36.4 Å². The molecule has 0 spiro atoms. The molecule has 3 saturated carbocycles. The summed E-state index contributed by atoms with van der Waals surface area (Å²) < 4.78 is 4.48. The fraction of sp³-hybridized carbons (Fsp3) is 0.567. The molecule has 178 valence electrons. The summed E-state index contributed by atoms with van der Waals surface area (Å²) in [6.45, 7) is 2.38. The average Bonchev–Trinajstić information content (AvgIpc) is 3.67. The molecule has 0 amide bonds. The van der Waals surface area contributed by atoms with E-state index in [1.165, 1.54) is 35.1 Å². The average molecular weight is 693 g/mol.